The van der Waals surface area contributed by atoms with Gasteiger partial charge in [0.1, 0.15) is 5.76 Å². The van der Waals surface area contributed by atoms with E-state index in [2.05, 4.69) is 20.7 Å². The normalized spacial score (nSPS) is 9.87. The number of allylic oxidation sites excluding steroid dienone is 2. The fourth-order valence-corrected chi connectivity index (χ4v) is 1.49. The van der Waals surface area contributed by atoms with E-state index in [1.807, 2.05) is 19.9 Å². The van der Waals surface area contributed by atoms with Crippen LogP contribution in [0.15, 0.2) is 26.6 Å². The fourth-order valence-electron chi connectivity index (χ4n) is 1.04. The molecule has 1 rings (SSSR count). The first-order chi connectivity index (χ1) is 7.04. The molecule has 0 bridgehead atoms. The van der Waals surface area contributed by atoms with Gasteiger partial charge in [-0.25, -0.2) is 4.79 Å². The number of rotatable bonds is 3. The van der Waals surface area contributed by atoms with Gasteiger partial charge in [-0.1, -0.05) is 11.6 Å². The van der Waals surface area contributed by atoms with Gasteiger partial charge in [0, 0.05) is 12.5 Å². The van der Waals surface area contributed by atoms with Gasteiger partial charge in [-0.05, 0) is 29.8 Å². The molecule has 0 aliphatic carbocycles. The van der Waals surface area contributed by atoms with Crippen LogP contribution in [0.2, 0.25) is 0 Å². The lowest BCUT2D eigenvalue weighted by molar-refractivity contribution is 0.0563. The Balaban J connectivity index is 2.87. The number of hydrogen-bond donors (Lipinski definition) is 0. The SMILES string of the molecule is COC(=O)c1cc(Br)c(CC=C(C)C)o1. The minimum atomic E-state index is -0.459. The monoisotopic (exact) mass is 272 g/mol. The summed E-state index contributed by atoms with van der Waals surface area (Å²) in [5.41, 5.74) is 1.21. The Labute approximate surface area is 97.2 Å². The molecular weight excluding hydrogens is 260 g/mol. The van der Waals surface area contributed by atoms with E-state index in [0.717, 1.165) is 10.2 Å². The maximum absolute atomic E-state index is 11.2. The molecule has 0 unspecified atom stereocenters. The second kappa shape index (κ2) is 5.16. The molecule has 0 saturated heterocycles. The molecule has 0 aliphatic rings. The Bertz CT molecular complexity index is 387. The highest BCUT2D eigenvalue weighted by Crippen LogP contribution is 2.23. The lowest BCUT2D eigenvalue weighted by Crippen LogP contribution is -1.98. The second-order valence-corrected chi connectivity index (χ2v) is 4.21. The molecule has 1 aromatic rings. The van der Waals surface area contributed by atoms with Crippen molar-refractivity contribution in [2.24, 2.45) is 0 Å². The van der Waals surface area contributed by atoms with Crippen molar-refractivity contribution in [2.45, 2.75) is 20.3 Å². The molecule has 0 atom stereocenters. The summed E-state index contributed by atoms with van der Waals surface area (Å²) in [5.74, 6) is 0.497. The molecule has 82 valence electrons. The Kier molecular flexibility index (Phi) is 4.15. The Hall–Kier alpha value is -1.03. The third-order valence-corrected chi connectivity index (χ3v) is 2.51. The van der Waals surface area contributed by atoms with E-state index in [1.54, 1.807) is 6.07 Å². The highest BCUT2D eigenvalue weighted by molar-refractivity contribution is 9.10. The van der Waals surface area contributed by atoms with Gasteiger partial charge >= 0.3 is 5.97 Å². The molecule has 15 heavy (non-hydrogen) atoms. The molecule has 0 aliphatic heterocycles. The molecule has 0 N–H and O–H groups in total. The largest absolute Gasteiger partial charge is 0.463 e. The van der Waals surface area contributed by atoms with Gasteiger partial charge < -0.3 is 9.15 Å². The van der Waals surface area contributed by atoms with Gasteiger partial charge in [0.05, 0.1) is 11.6 Å². The van der Waals surface area contributed by atoms with E-state index in [9.17, 15) is 4.79 Å². The van der Waals surface area contributed by atoms with Gasteiger partial charge in [-0.2, -0.15) is 0 Å². The molecule has 1 heterocycles. The van der Waals surface area contributed by atoms with Gasteiger partial charge in [-0.15, -0.1) is 0 Å². The van der Waals surface area contributed by atoms with E-state index in [0.29, 0.717) is 6.42 Å². The molecule has 0 saturated carbocycles. The number of halogens is 1. The number of hydrogen-bond acceptors (Lipinski definition) is 3. The summed E-state index contributed by atoms with van der Waals surface area (Å²) in [4.78, 5) is 11.2. The zero-order valence-electron chi connectivity index (χ0n) is 8.96. The predicted octanol–water partition coefficient (Wildman–Crippen LogP) is 3.34. The molecule has 0 aromatic carbocycles. The van der Waals surface area contributed by atoms with E-state index in [-0.39, 0.29) is 5.76 Å². The maximum atomic E-state index is 11.2. The predicted molar refractivity (Wildman–Crippen MR) is 60.9 cm³/mol. The summed E-state index contributed by atoms with van der Waals surface area (Å²) in [7, 11) is 1.33. The maximum Gasteiger partial charge on any atom is 0.373 e. The zero-order chi connectivity index (χ0) is 11.4. The standard InChI is InChI=1S/C11H13BrO3/c1-7(2)4-5-9-8(12)6-10(15-9)11(13)14-3/h4,6H,5H2,1-3H3. The third-order valence-electron chi connectivity index (χ3n) is 1.84. The molecule has 4 heteroatoms. The number of ether oxygens (including phenoxy) is 1. The average Bonchev–Trinajstić information content (AvgIpc) is 2.55. The summed E-state index contributed by atoms with van der Waals surface area (Å²) >= 11 is 3.33. The summed E-state index contributed by atoms with van der Waals surface area (Å²) in [6, 6.07) is 1.62. The van der Waals surface area contributed by atoms with Gasteiger partial charge in [-0.3, -0.25) is 0 Å². The Morgan fingerprint density at radius 3 is 2.80 bits per heavy atom. The van der Waals surface area contributed by atoms with Crippen molar-refractivity contribution >= 4 is 21.9 Å². The zero-order valence-corrected chi connectivity index (χ0v) is 10.6. The number of esters is 1. The Morgan fingerprint density at radius 1 is 1.60 bits per heavy atom. The molecular formula is C11H13BrO3. The molecule has 0 amide bonds. The van der Waals surface area contributed by atoms with Gasteiger partial charge in [0.25, 0.3) is 0 Å². The highest BCUT2D eigenvalue weighted by Gasteiger charge is 2.14. The first-order valence-corrected chi connectivity index (χ1v) is 5.33. The number of carbonyl (C=O) groups excluding carboxylic acids is 1. The van der Waals surface area contributed by atoms with Crippen molar-refractivity contribution in [3.8, 4) is 0 Å². The van der Waals surface area contributed by atoms with Crippen LogP contribution in [0.3, 0.4) is 0 Å². The molecule has 0 fully saturated rings. The molecule has 3 nitrogen and oxygen atoms in total. The summed E-state index contributed by atoms with van der Waals surface area (Å²) < 4.78 is 10.7. The quantitative estimate of drug-likeness (QED) is 0.626. The van der Waals surface area contributed by atoms with Gasteiger partial charge in [0.2, 0.25) is 5.76 Å². The van der Waals surface area contributed by atoms with Crippen LogP contribution in [0.1, 0.15) is 30.2 Å². The fraction of sp³-hybridized carbons (Fsp3) is 0.364. The van der Waals surface area contributed by atoms with Crippen LogP contribution >= 0.6 is 15.9 Å². The van der Waals surface area contributed by atoms with Crippen LogP contribution in [0, 0.1) is 0 Å². The minimum Gasteiger partial charge on any atom is -0.463 e. The van der Waals surface area contributed by atoms with Crippen LogP contribution in [0.4, 0.5) is 0 Å². The first kappa shape index (κ1) is 12.0. The summed E-state index contributed by atoms with van der Waals surface area (Å²) in [6.07, 6.45) is 2.70. The second-order valence-electron chi connectivity index (χ2n) is 3.36. The summed E-state index contributed by atoms with van der Waals surface area (Å²) in [5, 5.41) is 0. The van der Waals surface area contributed by atoms with Crippen molar-refractivity contribution in [2.75, 3.05) is 7.11 Å². The summed E-state index contributed by atoms with van der Waals surface area (Å²) in [6.45, 7) is 4.02. The van der Waals surface area contributed by atoms with Crippen molar-refractivity contribution in [1.82, 2.24) is 0 Å². The van der Waals surface area contributed by atoms with Crippen molar-refractivity contribution < 1.29 is 13.9 Å². The van der Waals surface area contributed by atoms with Crippen LogP contribution in [-0.2, 0) is 11.2 Å². The number of furan rings is 1. The van der Waals surface area contributed by atoms with Crippen LogP contribution in [0.5, 0.6) is 0 Å². The lowest BCUT2D eigenvalue weighted by atomic mass is 10.2. The van der Waals surface area contributed by atoms with E-state index in [1.165, 1.54) is 12.7 Å². The van der Waals surface area contributed by atoms with Gasteiger partial charge in [0.15, 0.2) is 0 Å². The number of methoxy groups -OCH3 is 1. The average molecular weight is 273 g/mol. The van der Waals surface area contributed by atoms with Crippen LogP contribution in [0.25, 0.3) is 0 Å². The third kappa shape index (κ3) is 3.23. The van der Waals surface area contributed by atoms with Crippen molar-refractivity contribution in [3.05, 3.63) is 33.7 Å². The smallest absolute Gasteiger partial charge is 0.373 e. The molecule has 1 aromatic heterocycles. The lowest BCUT2D eigenvalue weighted by Gasteiger charge is -1.94. The van der Waals surface area contributed by atoms with Crippen molar-refractivity contribution in [3.63, 3.8) is 0 Å². The Morgan fingerprint density at radius 2 is 2.27 bits per heavy atom. The highest BCUT2D eigenvalue weighted by atomic mass is 79.9. The van der Waals surface area contributed by atoms with E-state index in [4.69, 9.17) is 4.42 Å². The number of carbonyl (C=O) groups is 1. The first-order valence-electron chi connectivity index (χ1n) is 4.54. The molecule has 0 spiro atoms. The van der Waals surface area contributed by atoms with Crippen molar-refractivity contribution in [1.29, 1.82) is 0 Å². The van der Waals surface area contributed by atoms with Crippen LogP contribution < -0.4 is 0 Å². The van der Waals surface area contributed by atoms with E-state index < -0.39 is 5.97 Å². The molecule has 0 radical (unpaired) electrons. The van der Waals surface area contributed by atoms with E-state index >= 15 is 0 Å². The topological polar surface area (TPSA) is 39.4 Å². The van der Waals surface area contributed by atoms with Crippen LogP contribution in [-0.4, -0.2) is 13.1 Å². The minimum absolute atomic E-state index is 0.224.